The maximum absolute atomic E-state index is 12.0. The van der Waals surface area contributed by atoms with Crippen molar-refractivity contribution in [3.05, 3.63) is 0 Å². The maximum Gasteiger partial charge on any atom is 0.234 e. The number of nitrogens with one attached hydrogen (secondary N) is 2. The number of hydrogen-bond acceptors (Lipinski definition) is 4. The minimum Gasteiger partial charge on any atom is -0.351 e. The van der Waals surface area contributed by atoms with Crippen LogP contribution in [0.3, 0.4) is 0 Å². The molecule has 0 aliphatic carbocycles. The van der Waals surface area contributed by atoms with Gasteiger partial charge in [-0.25, -0.2) is 0 Å². The van der Waals surface area contributed by atoms with Crippen LogP contribution in [0.4, 0.5) is 0 Å². The Morgan fingerprint density at radius 2 is 2.31 bits per heavy atom. The van der Waals surface area contributed by atoms with Crippen LogP contribution in [-0.4, -0.2) is 47.5 Å². The first-order chi connectivity index (χ1) is 7.77. The van der Waals surface area contributed by atoms with E-state index in [1.165, 1.54) is 5.75 Å². The van der Waals surface area contributed by atoms with Gasteiger partial charge in [0.2, 0.25) is 5.91 Å². The van der Waals surface area contributed by atoms with E-state index in [2.05, 4.69) is 17.6 Å². The highest BCUT2D eigenvalue weighted by Gasteiger charge is 2.27. The summed E-state index contributed by atoms with van der Waals surface area (Å²) in [6.07, 6.45) is 1.16. The Labute approximate surface area is 106 Å². The first-order valence-electron chi connectivity index (χ1n) is 5.98. The fourth-order valence-electron chi connectivity index (χ4n) is 2.10. The van der Waals surface area contributed by atoms with Crippen molar-refractivity contribution >= 4 is 29.4 Å². The van der Waals surface area contributed by atoms with E-state index in [9.17, 15) is 4.79 Å². The monoisotopic (exact) mass is 260 g/mol. The number of piperidine rings is 1. The van der Waals surface area contributed by atoms with Crippen LogP contribution in [-0.2, 0) is 4.79 Å². The standard InChI is InChI=1S/C11H20N2OS2/c1-8-2-3-12-6-9(8)13-11(14)10-7-15-4-5-16-10/h8-10,12H,2-7H2,1H3,(H,13,14). The normalized spacial score (nSPS) is 35.7. The molecule has 1 amide bonds. The molecule has 2 aliphatic rings. The fourth-order valence-corrected chi connectivity index (χ4v) is 4.66. The van der Waals surface area contributed by atoms with Gasteiger partial charge in [0.25, 0.3) is 0 Å². The number of rotatable bonds is 2. The lowest BCUT2D eigenvalue weighted by atomic mass is 9.95. The lowest BCUT2D eigenvalue weighted by Gasteiger charge is -2.32. The van der Waals surface area contributed by atoms with Gasteiger partial charge in [0.05, 0.1) is 5.25 Å². The van der Waals surface area contributed by atoms with Gasteiger partial charge in [-0.05, 0) is 18.9 Å². The van der Waals surface area contributed by atoms with Gasteiger partial charge >= 0.3 is 0 Å². The Morgan fingerprint density at radius 1 is 1.44 bits per heavy atom. The van der Waals surface area contributed by atoms with Crippen LogP contribution in [0.15, 0.2) is 0 Å². The molecule has 3 nitrogen and oxygen atoms in total. The van der Waals surface area contributed by atoms with Crippen LogP contribution in [0.2, 0.25) is 0 Å². The summed E-state index contributed by atoms with van der Waals surface area (Å²) in [7, 11) is 0. The van der Waals surface area contributed by atoms with Crippen LogP contribution in [0.5, 0.6) is 0 Å². The molecule has 92 valence electrons. The van der Waals surface area contributed by atoms with E-state index in [0.717, 1.165) is 31.0 Å². The molecule has 5 heteroatoms. The van der Waals surface area contributed by atoms with Gasteiger partial charge in [-0.2, -0.15) is 11.8 Å². The summed E-state index contributed by atoms with van der Waals surface area (Å²) >= 11 is 3.70. The molecule has 0 aromatic carbocycles. The zero-order valence-corrected chi connectivity index (χ0v) is 11.3. The van der Waals surface area contributed by atoms with Gasteiger partial charge in [0, 0.05) is 29.8 Å². The molecule has 2 N–H and O–H groups in total. The second-order valence-corrected chi connectivity index (χ2v) is 6.98. The predicted octanol–water partition coefficient (Wildman–Crippen LogP) is 0.949. The molecule has 2 saturated heterocycles. The highest BCUT2D eigenvalue weighted by atomic mass is 32.2. The van der Waals surface area contributed by atoms with Crippen LogP contribution in [0, 0.1) is 5.92 Å². The van der Waals surface area contributed by atoms with Crippen molar-refractivity contribution in [3.8, 4) is 0 Å². The molecule has 0 saturated carbocycles. The van der Waals surface area contributed by atoms with Gasteiger partial charge < -0.3 is 10.6 Å². The van der Waals surface area contributed by atoms with Crippen molar-refractivity contribution in [3.63, 3.8) is 0 Å². The van der Waals surface area contributed by atoms with Crippen LogP contribution < -0.4 is 10.6 Å². The molecule has 0 aromatic rings. The molecule has 2 rings (SSSR count). The highest BCUT2D eigenvalue weighted by molar-refractivity contribution is 8.07. The molecular weight excluding hydrogens is 240 g/mol. The number of amides is 1. The Morgan fingerprint density at radius 3 is 3.00 bits per heavy atom. The maximum atomic E-state index is 12.0. The Hall–Kier alpha value is 0.130. The Bertz CT molecular complexity index is 244. The van der Waals surface area contributed by atoms with Gasteiger partial charge in [-0.1, -0.05) is 6.92 Å². The first kappa shape index (κ1) is 12.6. The van der Waals surface area contributed by atoms with Crippen LogP contribution in [0.25, 0.3) is 0 Å². The van der Waals surface area contributed by atoms with Crippen molar-refractivity contribution in [1.82, 2.24) is 10.6 Å². The molecule has 0 bridgehead atoms. The summed E-state index contributed by atoms with van der Waals surface area (Å²) in [6.45, 7) is 4.24. The first-order valence-corrected chi connectivity index (χ1v) is 8.18. The summed E-state index contributed by atoms with van der Waals surface area (Å²) in [5, 5.41) is 6.72. The van der Waals surface area contributed by atoms with E-state index in [1.54, 1.807) is 0 Å². The average Bonchev–Trinajstić information content (AvgIpc) is 2.33. The van der Waals surface area contributed by atoms with E-state index >= 15 is 0 Å². The van der Waals surface area contributed by atoms with Gasteiger partial charge in [0.1, 0.15) is 0 Å². The van der Waals surface area contributed by atoms with Crippen molar-refractivity contribution in [1.29, 1.82) is 0 Å². The lowest BCUT2D eigenvalue weighted by molar-refractivity contribution is -0.121. The smallest absolute Gasteiger partial charge is 0.234 e. The second kappa shape index (κ2) is 6.17. The zero-order valence-electron chi connectivity index (χ0n) is 9.70. The summed E-state index contributed by atoms with van der Waals surface area (Å²) < 4.78 is 0. The second-order valence-electron chi connectivity index (χ2n) is 4.52. The Kier molecular flexibility index (Phi) is 4.85. The lowest BCUT2D eigenvalue weighted by Crippen LogP contribution is -2.52. The molecule has 2 heterocycles. The van der Waals surface area contributed by atoms with E-state index in [1.807, 2.05) is 23.5 Å². The SMILES string of the molecule is CC1CCNCC1NC(=O)C1CSCCS1. The third-order valence-electron chi connectivity index (χ3n) is 3.26. The average molecular weight is 260 g/mol. The Balaban J connectivity index is 1.80. The van der Waals surface area contributed by atoms with E-state index in [4.69, 9.17) is 0 Å². The summed E-state index contributed by atoms with van der Waals surface area (Å²) in [5.74, 6) is 4.13. The van der Waals surface area contributed by atoms with Crippen LogP contribution in [0.1, 0.15) is 13.3 Å². The molecular formula is C11H20N2OS2. The molecule has 0 radical (unpaired) electrons. The molecule has 2 aliphatic heterocycles. The zero-order chi connectivity index (χ0) is 11.4. The van der Waals surface area contributed by atoms with E-state index < -0.39 is 0 Å². The highest BCUT2D eigenvalue weighted by Crippen LogP contribution is 2.24. The summed E-state index contributed by atoms with van der Waals surface area (Å²) in [6, 6.07) is 0.328. The van der Waals surface area contributed by atoms with E-state index in [0.29, 0.717) is 12.0 Å². The fraction of sp³-hybridized carbons (Fsp3) is 0.909. The van der Waals surface area contributed by atoms with Crippen molar-refractivity contribution in [2.45, 2.75) is 24.6 Å². The molecule has 16 heavy (non-hydrogen) atoms. The summed E-state index contributed by atoms with van der Waals surface area (Å²) in [5.41, 5.74) is 0. The largest absolute Gasteiger partial charge is 0.351 e. The quantitative estimate of drug-likeness (QED) is 0.776. The minimum atomic E-state index is 0.174. The topological polar surface area (TPSA) is 41.1 Å². The molecule has 0 spiro atoms. The third-order valence-corrected chi connectivity index (χ3v) is 6.02. The third kappa shape index (κ3) is 3.31. The van der Waals surface area contributed by atoms with E-state index in [-0.39, 0.29) is 11.2 Å². The van der Waals surface area contributed by atoms with Gasteiger partial charge in [0.15, 0.2) is 0 Å². The number of hydrogen-bond donors (Lipinski definition) is 2. The molecule has 3 unspecified atom stereocenters. The van der Waals surface area contributed by atoms with Gasteiger partial charge in [-0.15, -0.1) is 11.8 Å². The molecule has 0 aromatic heterocycles. The number of carbonyl (C=O) groups is 1. The van der Waals surface area contributed by atoms with Crippen molar-refractivity contribution < 1.29 is 4.79 Å². The van der Waals surface area contributed by atoms with Crippen molar-refractivity contribution in [2.75, 3.05) is 30.3 Å². The minimum absolute atomic E-state index is 0.174. The summed E-state index contributed by atoms with van der Waals surface area (Å²) in [4.78, 5) is 12.0. The molecule has 3 atom stereocenters. The van der Waals surface area contributed by atoms with Gasteiger partial charge in [-0.3, -0.25) is 4.79 Å². The predicted molar refractivity (Wildman–Crippen MR) is 72.2 cm³/mol. The number of carbonyl (C=O) groups excluding carboxylic acids is 1. The number of thioether (sulfide) groups is 2. The van der Waals surface area contributed by atoms with Crippen molar-refractivity contribution in [2.24, 2.45) is 5.92 Å². The molecule has 2 fully saturated rings. The van der Waals surface area contributed by atoms with Crippen LogP contribution >= 0.6 is 23.5 Å².